The Morgan fingerprint density at radius 2 is 2.18 bits per heavy atom. The van der Waals surface area contributed by atoms with Gasteiger partial charge in [0.2, 0.25) is 0 Å². The van der Waals surface area contributed by atoms with Crippen molar-refractivity contribution >= 4 is 11.9 Å². The standard InChI is InChI=1S/C12H14N2O3/c1-14(7-8-2-3-8)11(15)10-5-4-9(6-13-10)12(16)17/h4-6,8H,2-3,7H2,1H3,(H,16,17). The number of aromatic nitrogens is 1. The average molecular weight is 234 g/mol. The molecule has 2 rings (SSSR count). The zero-order valence-corrected chi connectivity index (χ0v) is 9.59. The van der Waals surface area contributed by atoms with Crippen LogP contribution in [0.2, 0.25) is 0 Å². The molecule has 1 aliphatic carbocycles. The third-order valence-electron chi connectivity index (χ3n) is 2.81. The molecule has 5 heteroatoms. The maximum Gasteiger partial charge on any atom is 0.337 e. The van der Waals surface area contributed by atoms with Crippen LogP contribution >= 0.6 is 0 Å². The fourth-order valence-corrected chi connectivity index (χ4v) is 1.61. The number of amides is 1. The quantitative estimate of drug-likeness (QED) is 0.851. The molecule has 0 aliphatic heterocycles. The van der Waals surface area contributed by atoms with Gasteiger partial charge in [-0.25, -0.2) is 4.79 Å². The van der Waals surface area contributed by atoms with Gasteiger partial charge in [-0.2, -0.15) is 0 Å². The van der Waals surface area contributed by atoms with Crippen LogP contribution in [0, 0.1) is 5.92 Å². The second kappa shape index (κ2) is 4.53. The van der Waals surface area contributed by atoms with Crippen LogP contribution < -0.4 is 0 Å². The molecule has 5 nitrogen and oxygen atoms in total. The van der Waals surface area contributed by atoms with Crippen LogP contribution in [0.25, 0.3) is 0 Å². The highest BCUT2D eigenvalue weighted by Crippen LogP contribution is 2.29. The molecule has 17 heavy (non-hydrogen) atoms. The van der Waals surface area contributed by atoms with E-state index in [4.69, 9.17) is 5.11 Å². The number of pyridine rings is 1. The molecule has 1 aliphatic rings. The minimum Gasteiger partial charge on any atom is -0.478 e. The number of aromatic carboxylic acids is 1. The monoisotopic (exact) mass is 234 g/mol. The van der Waals surface area contributed by atoms with Gasteiger partial charge < -0.3 is 10.0 Å². The lowest BCUT2D eigenvalue weighted by molar-refractivity contribution is 0.0694. The molecule has 1 saturated carbocycles. The Morgan fingerprint density at radius 1 is 1.47 bits per heavy atom. The molecule has 1 amide bonds. The van der Waals surface area contributed by atoms with Gasteiger partial charge in [0.25, 0.3) is 5.91 Å². The predicted molar refractivity (Wildman–Crippen MR) is 60.9 cm³/mol. The fraction of sp³-hybridized carbons (Fsp3) is 0.417. The van der Waals surface area contributed by atoms with Crippen molar-refractivity contribution in [1.29, 1.82) is 0 Å². The Kier molecular flexibility index (Phi) is 3.08. The smallest absolute Gasteiger partial charge is 0.337 e. The topological polar surface area (TPSA) is 70.5 Å². The number of hydrogen-bond donors (Lipinski definition) is 1. The zero-order valence-electron chi connectivity index (χ0n) is 9.59. The van der Waals surface area contributed by atoms with Crippen molar-refractivity contribution in [3.8, 4) is 0 Å². The molecule has 0 atom stereocenters. The van der Waals surface area contributed by atoms with E-state index >= 15 is 0 Å². The minimum atomic E-state index is -1.04. The maximum atomic E-state index is 11.9. The molecule has 0 saturated heterocycles. The summed E-state index contributed by atoms with van der Waals surface area (Å²) in [6, 6.07) is 2.85. The summed E-state index contributed by atoms with van der Waals surface area (Å²) in [5, 5.41) is 8.72. The van der Waals surface area contributed by atoms with Gasteiger partial charge in [0, 0.05) is 19.8 Å². The lowest BCUT2D eigenvalue weighted by Crippen LogP contribution is -2.29. The normalized spacial score (nSPS) is 14.4. The molecule has 0 aromatic carbocycles. The van der Waals surface area contributed by atoms with Gasteiger partial charge in [-0.15, -0.1) is 0 Å². The van der Waals surface area contributed by atoms with Crippen molar-refractivity contribution in [2.24, 2.45) is 5.92 Å². The van der Waals surface area contributed by atoms with E-state index in [0.717, 1.165) is 6.54 Å². The van der Waals surface area contributed by atoms with E-state index in [2.05, 4.69) is 4.98 Å². The number of hydrogen-bond acceptors (Lipinski definition) is 3. The van der Waals surface area contributed by atoms with Gasteiger partial charge in [0.1, 0.15) is 5.69 Å². The maximum absolute atomic E-state index is 11.9. The molecule has 1 N–H and O–H groups in total. The zero-order chi connectivity index (χ0) is 12.4. The summed E-state index contributed by atoms with van der Waals surface area (Å²) >= 11 is 0. The first-order valence-corrected chi connectivity index (χ1v) is 5.52. The van der Waals surface area contributed by atoms with E-state index in [9.17, 15) is 9.59 Å². The summed E-state index contributed by atoms with van der Waals surface area (Å²) in [5.41, 5.74) is 0.379. The Bertz CT molecular complexity index is 438. The first kappa shape index (κ1) is 11.6. The van der Waals surface area contributed by atoms with Crippen LogP contribution in [0.3, 0.4) is 0 Å². The molecular weight excluding hydrogens is 220 g/mol. The first-order valence-electron chi connectivity index (χ1n) is 5.52. The summed E-state index contributed by atoms with van der Waals surface area (Å²) in [5.74, 6) is -0.570. The van der Waals surface area contributed by atoms with Crippen LogP contribution in [0.15, 0.2) is 18.3 Å². The van der Waals surface area contributed by atoms with Crippen LogP contribution in [0.5, 0.6) is 0 Å². The fourth-order valence-electron chi connectivity index (χ4n) is 1.61. The van der Waals surface area contributed by atoms with Gasteiger partial charge in [-0.1, -0.05) is 0 Å². The van der Waals surface area contributed by atoms with Gasteiger partial charge in [-0.3, -0.25) is 9.78 Å². The SMILES string of the molecule is CN(CC1CC1)C(=O)c1ccc(C(=O)O)cn1. The largest absolute Gasteiger partial charge is 0.478 e. The van der Waals surface area contributed by atoms with E-state index in [-0.39, 0.29) is 17.2 Å². The second-order valence-electron chi connectivity index (χ2n) is 4.37. The molecule has 1 heterocycles. The van der Waals surface area contributed by atoms with Crippen molar-refractivity contribution in [3.63, 3.8) is 0 Å². The van der Waals surface area contributed by atoms with Gasteiger partial charge in [0.05, 0.1) is 5.56 Å². The third-order valence-corrected chi connectivity index (χ3v) is 2.81. The second-order valence-corrected chi connectivity index (χ2v) is 4.37. The lowest BCUT2D eigenvalue weighted by atomic mass is 10.2. The van der Waals surface area contributed by atoms with Crippen molar-refractivity contribution in [1.82, 2.24) is 9.88 Å². The Labute approximate surface area is 99.1 Å². The molecule has 0 radical (unpaired) electrons. The van der Waals surface area contributed by atoms with E-state index in [1.165, 1.54) is 31.2 Å². The van der Waals surface area contributed by atoms with E-state index in [1.807, 2.05) is 0 Å². The summed E-state index contributed by atoms with van der Waals surface area (Å²) < 4.78 is 0. The Balaban J connectivity index is 2.05. The van der Waals surface area contributed by atoms with Gasteiger partial charge >= 0.3 is 5.97 Å². The van der Waals surface area contributed by atoms with Crippen LogP contribution in [-0.2, 0) is 0 Å². The van der Waals surface area contributed by atoms with Gasteiger partial charge in [-0.05, 0) is 30.9 Å². The van der Waals surface area contributed by atoms with Gasteiger partial charge in [0.15, 0.2) is 0 Å². The third kappa shape index (κ3) is 2.81. The molecular formula is C12H14N2O3. The highest BCUT2D eigenvalue weighted by Gasteiger charge is 2.25. The summed E-state index contributed by atoms with van der Waals surface area (Å²) in [4.78, 5) is 28.1. The van der Waals surface area contributed by atoms with E-state index in [0.29, 0.717) is 5.92 Å². The highest BCUT2D eigenvalue weighted by molar-refractivity contribution is 5.93. The Morgan fingerprint density at radius 3 is 2.65 bits per heavy atom. The van der Waals surface area contributed by atoms with Crippen molar-refractivity contribution in [2.75, 3.05) is 13.6 Å². The summed E-state index contributed by atoms with van der Waals surface area (Å²) in [6.07, 6.45) is 3.58. The van der Waals surface area contributed by atoms with Crippen molar-refractivity contribution in [3.05, 3.63) is 29.6 Å². The molecule has 0 spiro atoms. The predicted octanol–water partition coefficient (Wildman–Crippen LogP) is 1.26. The summed E-state index contributed by atoms with van der Waals surface area (Å²) in [7, 11) is 1.74. The number of carboxylic acid groups (broad SMARTS) is 1. The number of nitrogens with zero attached hydrogens (tertiary/aromatic N) is 2. The number of rotatable bonds is 4. The molecule has 0 unspecified atom stereocenters. The van der Waals surface area contributed by atoms with Crippen LogP contribution in [0.4, 0.5) is 0 Å². The van der Waals surface area contributed by atoms with Crippen molar-refractivity contribution < 1.29 is 14.7 Å². The van der Waals surface area contributed by atoms with Crippen molar-refractivity contribution in [2.45, 2.75) is 12.8 Å². The average Bonchev–Trinajstić information content (AvgIpc) is 3.12. The molecule has 1 fully saturated rings. The van der Waals surface area contributed by atoms with Crippen LogP contribution in [0.1, 0.15) is 33.7 Å². The molecule has 0 bridgehead atoms. The van der Waals surface area contributed by atoms with E-state index < -0.39 is 5.97 Å². The lowest BCUT2D eigenvalue weighted by Gasteiger charge is -2.15. The number of carbonyl (C=O) groups is 2. The number of carbonyl (C=O) groups excluding carboxylic acids is 1. The number of carboxylic acids is 1. The van der Waals surface area contributed by atoms with E-state index in [1.54, 1.807) is 11.9 Å². The molecule has 1 aromatic rings. The van der Waals surface area contributed by atoms with Crippen LogP contribution in [-0.4, -0.2) is 40.5 Å². The molecule has 90 valence electrons. The summed E-state index contributed by atoms with van der Waals surface area (Å²) in [6.45, 7) is 0.751. The first-order chi connectivity index (χ1) is 8.08. The Hall–Kier alpha value is -1.91. The highest BCUT2D eigenvalue weighted by atomic mass is 16.4. The molecule has 1 aromatic heterocycles. The minimum absolute atomic E-state index is 0.0893.